The highest BCUT2D eigenvalue weighted by molar-refractivity contribution is 5.90. The van der Waals surface area contributed by atoms with E-state index in [9.17, 15) is 20.0 Å². The van der Waals surface area contributed by atoms with Crippen molar-refractivity contribution in [1.29, 1.82) is 0 Å². The zero-order chi connectivity index (χ0) is 26.3. The maximum atomic E-state index is 15.2. The van der Waals surface area contributed by atoms with Crippen LogP contribution < -0.4 is 19.3 Å². The van der Waals surface area contributed by atoms with Crippen LogP contribution in [0.4, 0.5) is 26.5 Å². The summed E-state index contributed by atoms with van der Waals surface area (Å²) >= 11 is 0. The van der Waals surface area contributed by atoms with Crippen LogP contribution in [0.1, 0.15) is 0 Å². The average Bonchev–Trinajstić information content (AvgIpc) is 3.47. The Hall–Kier alpha value is -4.53. The van der Waals surface area contributed by atoms with E-state index in [-0.39, 0.29) is 49.7 Å². The van der Waals surface area contributed by atoms with Crippen LogP contribution in [0, 0.1) is 15.9 Å². The molecule has 0 bridgehead atoms. The Balaban J connectivity index is 1.36. The van der Waals surface area contributed by atoms with Gasteiger partial charge >= 0.3 is 23.9 Å². The molecule has 0 radical (unpaired) electrons. The van der Waals surface area contributed by atoms with Gasteiger partial charge in [-0.3, -0.25) is 9.47 Å². The lowest BCUT2D eigenvalue weighted by atomic mass is 10.1. The smallest absolute Gasteiger partial charge is 0.414 e. The molecular formula is C22H22FN7O7. The van der Waals surface area contributed by atoms with Crippen LogP contribution >= 0.6 is 0 Å². The van der Waals surface area contributed by atoms with Crippen molar-refractivity contribution in [2.75, 3.05) is 43.7 Å². The molecule has 2 aromatic heterocycles. The minimum Gasteiger partial charge on any atom is -0.455 e. The topological polar surface area (TPSA) is 158 Å². The van der Waals surface area contributed by atoms with E-state index in [0.717, 1.165) is 0 Å². The van der Waals surface area contributed by atoms with Crippen molar-refractivity contribution < 1.29 is 33.4 Å². The molecule has 3 aromatic rings. The summed E-state index contributed by atoms with van der Waals surface area (Å²) in [6.07, 6.45) is 0.828. The number of imidazole rings is 1. The van der Waals surface area contributed by atoms with E-state index in [1.165, 1.54) is 34.0 Å². The van der Waals surface area contributed by atoms with Gasteiger partial charge in [-0.25, -0.2) is 14.2 Å². The van der Waals surface area contributed by atoms with Crippen LogP contribution in [0.2, 0.25) is 0 Å². The van der Waals surface area contributed by atoms with E-state index >= 15 is 4.39 Å². The molecule has 2 aliphatic heterocycles. The molecule has 15 heteroatoms. The second kappa shape index (κ2) is 9.50. The van der Waals surface area contributed by atoms with E-state index in [1.807, 2.05) is 0 Å². The summed E-state index contributed by atoms with van der Waals surface area (Å²) in [5.41, 5.74) is 0.901. The molecule has 194 valence electrons. The van der Waals surface area contributed by atoms with Gasteiger partial charge in [-0.05, 0) is 23.1 Å². The summed E-state index contributed by atoms with van der Waals surface area (Å²) in [7, 11) is 3.47. The minimum absolute atomic E-state index is 0.0194. The number of ether oxygens (including phenoxy) is 3. The van der Waals surface area contributed by atoms with Gasteiger partial charge in [0.05, 0.1) is 25.4 Å². The third-order valence-electron chi connectivity index (χ3n) is 5.79. The Bertz CT molecular complexity index is 1370. The summed E-state index contributed by atoms with van der Waals surface area (Å²) in [5.74, 6) is -0.546. The monoisotopic (exact) mass is 515 g/mol. The summed E-state index contributed by atoms with van der Waals surface area (Å²) in [5, 5.41) is 20.2. The number of aromatic nitrogens is 4. The lowest BCUT2D eigenvalue weighted by Crippen LogP contribution is -2.35. The van der Waals surface area contributed by atoms with E-state index in [0.29, 0.717) is 17.1 Å². The zero-order valence-electron chi connectivity index (χ0n) is 19.8. The van der Waals surface area contributed by atoms with Crippen molar-refractivity contribution in [3.05, 3.63) is 46.5 Å². The van der Waals surface area contributed by atoms with Crippen LogP contribution in [0.25, 0.3) is 11.1 Å². The van der Waals surface area contributed by atoms with Crippen molar-refractivity contribution >= 4 is 23.4 Å². The quantitative estimate of drug-likeness (QED) is 0.360. The number of amides is 1. The summed E-state index contributed by atoms with van der Waals surface area (Å²) in [6, 6.07) is 4.45. The predicted molar refractivity (Wildman–Crippen MR) is 125 cm³/mol. The first-order chi connectivity index (χ1) is 17.7. The van der Waals surface area contributed by atoms with Crippen LogP contribution in [0.15, 0.2) is 30.6 Å². The molecule has 37 heavy (non-hydrogen) atoms. The number of hydrogen-bond donors (Lipinski definition) is 1. The highest BCUT2D eigenvalue weighted by atomic mass is 19.1. The van der Waals surface area contributed by atoms with Crippen LogP contribution in [0.3, 0.4) is 0 Å². The molecule has 0 aliphatic carbocycles. The highest BCUT2D eigenvalue weighted by Gasteiger charge is 2.33. The van der Waals surface area contributed by atoms with Gasteiger partial charge in [0.25, 0.3) is 0 Å². The number of aliphatic hydroxyl groups excluding tert-OH is 1. The lowest BCUT2D eigenvalue weighted by molar-refractivity contribution is -0.389. The number of aliphatic hydroxyl groups is 1. The molecule has 1 fully saturated rings. The number of anilines is 2. The van der Waals surface area contributed by atoms with Crippen molar-refractivity contribution in [3.63, 3.8) is 0 Å². The Labute approximate surface area is 209 Å². The largest absolute Gasteiger partial charge is 0.455 e. The Morgan fingerprint density at radius 1 is 1.30 bits per heavy atom. The highest BCUT2D eigenvalue weighted by Crippen LogP contribution is 2.34. The van der Waals surface area contributed by atoms with Crippen molar-refractivity contribution in [3.8, 4) is 23.1 Å². The van der Waals surface area contributed by atoms with Crippen LogP contribution in [-0.2, 0) is 11.3 Å². The van der Waals surface area contributed by atoms with Gasteiger partial charge in [0.1, 0.15) is 30.5 Å². The number of hydrogen-bond acceptors (Lipinski definition) is 11. The predicted octanol–water partition coefficient (Wildman–Crippen LogP) is 1.61. The molecule has 1 N–H and O–H groups in total. The first-order valence-electron chi connectivity index (χ1n) is 11.2. The molecule has 14 nitrogen and oxygen atoms in total. The molecule has 2 aliphatic rings. The fraction of sp³-hybridized carbons (Fsp3) is 0.364. The molecule has 4 heterocycles. The second-order valence-electron chi connectivity index (χ2n) is 8.59. The Morgan fingerprint density at radius 2 is 2.11 bits per heavy atom. The maximum absolute atomic E-state index is 15.2. The number of cyclic esters (lactones) is 1. The summed E-state index contributed by atoms with van der Waals surface area (Å²) < 4.78 is 33.0. The molecule has 1 unspecified atom stereocenters. The lowest BCUT2D eigenvalue weighted by Gasteiger charge is -2.23. The van der Waals surface area contributed by atoms with Gasteiger partial charge in [-0.1, -0.05) is 0 Å². The van der Waals surface area contributed by atoms with E-state index in [2.05, 4.69) is 15.0 Å². The van der Waals surface area contributed by atoms with Gasteiger partial charge in [0.15, 0.2) is 6.10 Å². The number of rotatable bonds is 7. The average molecular weight is 515 g/mol. The zero-order valence-corrected chi connectivity index (χ0v) is 19.8. The van der Waals surface area contributed by atoms with Crippen molar-refractivity contribution in [2.45, 2.75) is 18.8 Å². The molecule has 2 atom stereocenters. The first kappa shape index (κ1) is 24.2. The van der Waals surface area contributed by atoms with E-state index in [4.69, 9.17) is 14.2 Å². The number of halogens is 1. The Kier molecular flexibility index (Phi) is 6.20. The van der Waals surface area contributed by atoms with Crippen LogP contribution in [-0.4, -0.2) is 81.7 Å². The van der Waals surface area contributed by atoms with E-state index < -0.39 is 29.0 Å². The number of fused-ring (bicyclic) bond motifs is 1. The number of nitro groups is 1. The van der Waals surface area contributed by atoms with Gasteiger partial charge in [0, 0.05) is 36.4 Å². The molecule has 1 amide bonds. The van der Waals surface area contributed by atoms with Gasteiger partial charge in [-0.15, -0.1) is 0 Å². The maximum Gasteiger partial charge on any atom is 0.414 e. The first-order valence-corrected chi connectivity index (χ1v) is 11.2. The number of nitrogens with zero attached hydrogens (tertiary/aromatic N) is 7. The van der Waals surface area contributed by atoms with Crippen molar-refractivity contribution in [1.82, 2.24) is 19.5 Å². The van der Waals surface area contributed by atoms with Gasteiger partial charge < -0.3 is 34.3 Å². The molecule has 0 spiro atoms. The van der Waals surface area contributed by atoms with Gasteiger partial charge in [0.2, 0.25) is 0 Å². The minimum atomic E-state index is -0.665. The fourth-order valence-corrected chi connectivity index (χ4v) is 4.04. The molecular weight excluding hydrogens is 493 g/mol. The number of carbonyl (C=O) groups excluding carboxylic acids is 1. The number of carbonyl (C=O) groups is 1. The SMILES string of the molecule is CN(C)c1nc(OC2COc3nc([N+](=O)[O-])cn3C2)ncc1-c1ccc(N2C[C@@H](CO)OC2=O)cc1F. The molecule has 0 saturated carbocycles. The Morgan fingerprint density at radius 3 is 2.78 bits per heavy atom. The fourth-order valence-electron chi connectivity index (χ4n) is 4.04. The summed E-state index contributed by atoms with van der Waals surface area (Å²) in [4.78, 5) is 37.8. The second-order valence-corrected chi connectivity index (χ2v) is 8.59. The third kappa shape index (κ3) is 4.67. The normalized spacial score (nSPS) is 18.7. The molecule has 1 saturated heterocycles. The molecule has 1 aromatic carbocycles. The van der Waals surface area contributed by atoms with Crippen LogP contribution in [0.5, 0.6) is 12.0 Å². The summed E-state index contributed by atoms with van der Waals surface area (Å²) in [6.45, 7) is 0.121. The van der Waals surface area contributed by atoms with Crippen molar-refractivity contribution in [2.24, 2.45) is 0 Å². The number of benzene rings is 1. The molecule has 5 rings (SSSR count). The van der Waals surface area contributed by atoms with Gasteiger partial charge in [-0.2, -0.15) is 4.98 Å². The third-order valence-corrected chi connectivity index (χ3v) is 5.79. The van der Waals surface area contributed by atoms with E-state index in [1.54, 1.807) is 25.1 Å². The standard InChI is InChI=1S/C22H22FN7O7/c1-27(2)19-16(15-4-3-12(5-17(15)23)29-8-13(10-31)37-22(29)32)6-24-20(26-19)36-14-7-28-9-18(30(33)34)25-21(28)35-11-14/h3-6,9,13-14,31H,7-8,10-11H2,1-2H3/t13-,14?/m0/s1.